The maximum absolute atomic E-state index is 13.5. The summed E-state index contributed by atoms with van der Waals surface area (Å²) in [6.45, 7) is 0.381. The van der Waals surface area contributed by atoms with Crippen LogP contribution in [0.1, 0.15) is 15.2 Å². The molecule has 8 heteroatoms. The molecule has 1 aromatic heterocycles. The van der Waals surface area contributed by atoms with Crippen LogP contribution in [0.5, 0.6) is 0 Å². The highest BCUT2D eigenvalue weighted by atomic mass is 79.9. The fourth-order valence-electron chi connectivity index (χ4n) is 1.73. The van der Waals surface area contributed by atoms with Crippen LogP contribution >= 0.6 is 27.3 Å². The summed E-state index contributed by atoms with van der Waals surface area (Å²) < 4.78 is 28.0. The van der Waals surface area contributed by atoms with Gasteiger partial charge in [-0.05, 0) is 46.6 Å². The maximum Gasteiger partial charge on any atom is 0.251 e. The van der Waals surface area contributed by atoms with E-state index in [2.05, 4.69) is 21.2 Å². The molecular formula is C13H12BrF2N3OS. The number of hydrazine groups is 1. The smallest absolute Gasteiger partial charge is 0.251 e. The molecule has 0 spiro atoms. The quantitative estimate of drug-likeness (QED) is 0.555. The van der Waals surface area contributed by atoms with Gasteiger partial charge < -0.3 is 10.7 Å². The lowest BCUT2D eigenvalue weighted by Gasteiger charge is -2.08. The molecule has 4 N–H and O–H groups in total. The summed E-state index contributed by atoms with van der Waals surface area (Å²) in [5.74, 6) is 2.63. The average Bonchev–Trinajstić information content (AvgIpc) is 2.84. The van der Waals surface area contributed by atoms with Crippen molar-refractivity contribution >= 4 is 38.9 Å². The third-order valence-corrected chi connectivity index (χ3v) is 4.42. The molecule has 0 saturated carbocycles. The molecule has 0 aliphatic carbocycles. The van der Waals surface area contributed by atoms with Crippen LogP contribution in [0.25, 0.3) is 0 Å². The van der Waals surface area contributed by atoms with E-state index in [1.165, 1.54) is 0 Å². The highest BCUT2D eigenvalue weighted by Gasteiger charge is 2.14. The standard InChI is InChI=1S/C13H12BrF2N3OS/c14-11-2-1-8(21-11)3-4-18-13(20)7-5-9(15)12(19-17)10(16)6-7/h1-2,5-6,19H,3-4,17H2,(H,18,20). The summed E-state index contributed by atoms with van der Waals surface area (Å²) in [4.78, 5) is 12.9. The Kier molecular flexibility index (Phi) is 5.27. The summed E-state index contributed by atoms with van der Waals surface area (Å²) in [7, 11) is 0. The van der Waals surface area contributed by atoms with Gasteiger partial charge in [-0.15, -0.1) is 11.3 Å². The van der Waals surface area contributed by atoms with E-state index < -0.39 is 23.2 Å². The van der Waals surface area contributed by atoms with Gasteiger partial charge in [0.2, 0.25) is 0 Å². The van der Waals surface area contributed by atoms with Crippen LogP contribution in [0.2, 0.25) is 0 Å². The van der Waals surface area contributed by atoms with Crippen LogP contribution in [0, 0.1) is 11.6 Å². The Hall–Kier alpha value is -1.51. The Morgan fingerprint density at radius 3 is 2.48 bits per heavy atom. The van der Waals surface area contributed by atoms with Crippen molar-refractivity contribution in [3.8, 4) is 0 Å². The second-order valence-electron chi connectivity index (χ2n) is 4.17. The number of nitrogen functional groups attached to an aromatic ring is 1. The first-order chi connectivity index (χ1) is 10.0. The first-order valence-corrected chi connectivity index (χ1v) is 7.60. The third-order valence-electron chi connectivity index (χ3n) is 2.73. The van der Waals surface area contributed by atoms with Crippen molar-refractivity contribution in [3.63, 3.8) is 0 Å². The van der Waals surface area contributed by atoms with Crippen molar-refractivity contribution in [1.29, 1.82) is 0 Å². The minimum Gasteiger partial charge on any atom is -0.352 e. The van der Waals surface area contributed by atoms with Gasteiger partial charge in [0.25, 0.3) is 5.91 Å². The van der Waals surface area contributed by atoms with E-state index in [-0.39, 0.29) is 5.56 Å². The average molecular weight is 376 g/mol. The molecule has 1 heterocycles. The monoisotopic (exact) mass is 375 g/mol. The van der Waals surface area contributed by atoms with Crippen molar-refractivity contribution in [2.75, 3.05) is 12.0 Å². The summed E-state index contributed by atoms with van der Waals surface area (Å²) in [5, 5.41) is 2.62. The summed E-state index contributed by atoms with van der Waals surface area (Å²) in [5.41, 5.74) is 1.36. The Balaban J connectivity index is 1.97. The summed E-state index contributed by atoms with van der Waals surface area (Å²) in [6, 6.07) is 5.75. The number of thiophene rings is 1. The predicted octanol–water partition coefficient (Wildman–Crippen LogP) is 3.05. The fourth-order valence-corrected chi connectivity index (χ4v) is 3.21. The molecule has 1 amide bonds. The Bertz CT molecular complexity index is 640. The molecule has 0 radical (unpaired) electrons. The first kappa shape index (κ1) is 15.9. The number of anilines is 1. The lowest BCUT2D eigenvalue weighted by molar-refractivity contribution is 0.0953. The number of nitrogens with two attached hydrogens (primary N) is 1. The molecule has 4 nitrogen and oxygen atoms in total. The molecule has 0 aliphatic rings. The van der Waals surface area contributed by atoms with Crippen molar-refractivity contribution < 1.29 is 13.6 Å². The van der Waals surface area contributed by atoms with Crippen LogP contribution in [0.4, 0.5) is 14.5 Å². The van der Waals surface area contributed by atoms with E-state index >= 15 is 0 Å². The zero-order valence-corrected chi connectivity index (χ0v) is 13.2. The second kappa shape index (κ2) is 6.97. The molecule has 0 atom stereocenters. The normalized spacial score (nSPS) is 10.5. The topological polar surface area (TPSA) is 67.1 Å². The van der Waals surface area contributed by atoms with Gasteiger partial charge in [-0.25, -0.2) is 8.78 Å². The van der Waals surface area contributed by atoms with Crippen molar-refractivity contribution in [1.82, 2.24) is 5.32 Å². The van der Waals surface area contributed by atoms with Crippen LogP contribution < -0.4 is 16.6 Å². The highest BCUT2D eigenvalue weighted by Crippen LogP contribution is 2.22. The van der Waals surface area contributed by atoms with E-state index in [9.17, 15) is 13.6 Å². The summed E-state index contributed by atoms with van der Waals surface area (Å²) >= 11 is 4.92. The molecule has 0 aliphatic heterocycles. The number of halogens is 3. The van der Waals surface area contributed by atoms with Crippen molar-refractivity contribution in [3.05, 3.63) is 50.1 Å². The molecule has 21 heavy (non-hydrogen) atoms. The van der Waals surface area contributed by atoms with Gasteiger partial charge in [-0.3, -0.25) is 10.6 Å². The number of nitrogens with one attached hydrogen (secondary N) is 2. The Morgan fingerprint density at radius 1 is 1.29 bits per heavy atom. The van der Waals surface area contributed by atoms with E-state index in [1.807, 2.05) is 17.6 Å². The van der Waals surface area contributed by atoms with Gasteiger partial charge in [0.15, 0.2) is 11.6 Å². The summed E-state index contributed by atoms with van der Waals surface area (Å²) in [6.07, 6.45) is 0.648. The molecule has 0 saturated heterocycles. The first-order valence-electron chi connectivity index (χ1n) is 5.99. The van der Waals surface area contributed by atoms with Gasteiger partial charge >= 0.3 is 0 Å². The number of hydrogen-bond acceptors (Lipinski definition) is 4. The predicted molar refractivity (Wildman–Crippen MR) is 82.2 cm³/mol. The fraction of sp³-hybridized carbons (Fsp3) is 0.154. The number of amides is 1. The lowest BCUT2D eigenvalue weighted by atomic mass is 10.1. The number of hydrogen-bond donors (Lipinski definition) is 3. The maximum atomic E-state index is 13.5. The molecule has 2 rings (SSSR count). The van der Waals surface area contributed by atoms with Crippen molar-refractivity contribution in [2.24, 2.45) is 5.84 Å². The molecule has 0 unspecified atom stereocenters. The number of carbonyl (C=O) groups is 1. The van der Waals surface area contributed by atoms with E-state index in [0.29, 0.717) is 13.0 Å². The SMILES string of the molecule is NNc1c(F)cc(C(=O)NCCc2ccc(Br)s2)cc1F. The van der Waals surface area contributed by atoms with Crippen LogP contribution in [-0.4, -0.2) is 12.5 Å². The molecular weight excluding hydrogens is 364 g/mol. The van der Waals surface area contributed by atoms with E-state index in [0.717, 1.165) is 20.8 Å². The van der Waals surface area contributed by atoms with Gasteiger partial charge in [0.05, 0.1) is 3.79 Å². The molecule has 112 valence electrons. The molecule has 2 aromatic rings. The Morgan fingerprint density at radius 2 is 1.95 bits per heavy atom. The minimum atomic E-state index is -0.912. The highest BCUT2D eigenvalue weighted by molar-refractivity contribution is 9.11. The zero-order chi connectivity index (χ0) is 15.4. The Labute approximate surface area is 132 Å². The van der Waals surface area contributed by atoms with Crippen LogP contribution in [-0.2, 0) is 6.42 Å². The van der Waals surface area contributed by atoms with Gasteiger partial charge in [-0.2, -0.15) is 0 Å². The number of rotatable bonds is 5. The molecule has 1 aromatic carbocycles. The van der Waals surface area contributed by atoms with E-state index in [4.69, 9.17) is 5.84 Å². The van der Waals surface area contributed by atoms with Crippen LogP contribution in [0.15, 0.2) is 28.1 Å². The second-order valence-corrected chi connectivity index (χ2v) is 6.72. The van der Waals surface area contributed by atoms with E-state index in [1.54, 1.807) is 11.3 Å². The zero-order valence-electron chi connectivity index (χ0n) is 10.8. The van der Waals surface area contributed by atoms with Gasteiger partial charge in [0.1, 0.15) is 5.69 Å². The number of benzene rings is 1. The molecule has 0 bridgehead atoms. The van der Waals surface area contributed by atoms with Crippen LogP contribution in [0.3, 0.4) is 0 Å². The van der Waals surface area contributed by atoms with Gasteiger partial charge in [0, 0.05) is 17.0 Å². The minimum absolute atomic E-state index is 0.0867. The third kappa shape index (κ3) is 3.99. The van der Waals surface area contributed by atoms with Gasteiger partial charge in [-0.1, -0.05) is 0 Å². The molecule has 0 fully saturated rings. The van der Waals surface area contributed by atoms with Crippen molar-refractivity contribution in [2.45, 2.75) is 6.42 Å². The lowest BCUT2D eigenvalue weighted by Crippen LogP contribution is -2.26. The number of carbonyl (C=O) groups excluding carboxylic acids is 1. The largest absolute Gasteiger partial charge is 0.352 e.